The first-order valence-electron chi connectivity index (χ1n) is 8.95. The quantitative estimate of drug-likeness (QED) is 0.491. The van der Waals surface area contributed by atoms with Crippen molar-refractivity contribution in [1.29, 1.82) is 0 Å². The molecule has 0 heterocycles. The van der Waals surface area contributed by atoms with Gasteiger partial charge in [0.1, 0.15) is 6.61 Å². The van der Waals surface area contributed by atoms with Crippen LogP contribution in [0, 0.1) is 6.92 Å². The van der Waals surface area contributed by atoms with Gasteiger partial charge in [-0.15, -0.1) is 12.4 Å². The average molecular weight is 418 g/mol. The van der Waals surface area contributed by atoms with Gasteiger partial charge in [0.25, 0.3) is 0 Å². The van der Waals surface area contributed by atoms with Crippen molar-refractivity contribution in [2.45, 2.75) is 26.6 Å². The maximum atomic E-state index is 6.10. The van der Waals surface area contributed by atoms with Crippen molar-refractivity contribution in [2.75, 3.05) is 7.11 Å². The van der Waals surface area contributed by atoms with Gasteiger partial charge in [-0.1, -0.05) is 65.7 Å². The molecule has 3 aromatic carbocycles. The lowest BCUT2D eigenvalue weighted by Gasteiger charge is -2.16. The number of nitrogens with one attached hydrogen (secondary N) is 1. The number of ether oxygens (including phenoxy) is 2. The Labute approximate surface area is 178 Å². The molecular formula is C23H25Cl2NO2. The van der Waals surface area contributed by atoms with Crippen LogP contribution in [0.3, 0.4) is 0 Å². The Hall–Kier alpha value is -2.20. The lowest BCUT2D eigenvalue weighted by atomic mass is 10.1. The topological polar surface area (TPSA) is 30.5 Å². The highest BCUT2D eigenvalue weighted by Crippen LogP contribution is 2.32. The molecule has 3 aromatic rings. The SMILES string of the molecule is COc1cccc(CNCc2ccc(C)cc2)c1OCc1ccc(Cl)cc1.Cl. The van der Waals surface area contributed by atoms with E-state index in [-0.39, 0.29) is 12.4 Å². The number of hydrogen-bond acceptors (Lipinski definition) is 3. The second-order valence-corrected chi connectivity index (χ2v) is 6.89. The molecular weight excluding hydrogens is 393 g/mol. The minimum atomic E-state index is 0. The molecule has 0 radical (unpaired) electrons. The van der Waals surface area contributed by atoms with Gasteiger partial charge in [0, 0.05) is 23.7 Å². The van der Waals surface area contributed by atoms with Gasteiger partial charge in [-0.05, 0) is 36.2 Å². The molecule has 0 aliphatic rings. The molecule has 0 atom stereocenters. The van der Waals surface area contributed by atoms with E-state index in [9.17, 15) is 0 Å². The summed E-state index contributed by atoms with van der Waals surface area (Å²) in [4.78, 5) is 0. The van der Waals surface area contributed by atoms with E-state index in [1.807, 2.05) is 36.4 Å². The van der Waals surface area contributed by atoms with Crippen molar-refractivity contribution in [3.63, 3.8) is 0 Å². The summed E-state index contributed by atoms with van der Waals surface area (Å²) >= 11 is 5.95. The van der Waals surface area contributed by atoms with Gasteiger partial charge < -0.3 is 14.8 Å². The van der Waals surface area contributed by atoms with Crippen LogP contribution in [-0.2, 0) is 19.7 Å². The molecule has 1 N–H and O–H groups in total. The number of rotatable bonds is 8. The molecule has 0 aliphatic carbocycles. The predicted octanol–water partition coefficient (Wildman–Crippen LogP) is 5.95. The van der Waals surface area contributed by atoms with Crippen LogP contribution < -0.4 is 14.8 Å². The molecule has 5 heteroatoms. The number of aryl methyl sites for hydroxylation is 1. The lowest BCUT2D eigenvalue weighted by molar-refractivity contribution is 0.280. The van der Waals surface area contributed by atoms with Gasteiger partial charge in [-0.3, -0.25) is 0 Å². The molecule has 0 saturated heterocycles. The molecule has 0 fully saturated rings. The molecule has 0 amide bonds. The standard InChI is InChI=1S/C23H24ClNO2.ClH/c1-17-6-8-18(9-7-17)14-25-15-20-4-3-5-22(26-2)23(20)27-16-19-10-12-21(24)13-11-19;/h3-13,25H,14-16H2,1-2H3;1H. The molecule has 0 spiro atoms. The van der Waals surface area contributed by atoms with E-state index in [0.717, 1.165) is 34.2 Å². The smallest absolute Gasteiger partial charge is 0.166 e. The highest BCUT2D eigenvalue weighted by atomic mass is 35.5. The third-order valence-electron chi connectivity index (χ3n) is 4.34. The Morgan fingerprint density at radius 2 is 1.54 bits per heavy atom. The van der Waals surface area contributed by atoms with E-state index in [2.05, 4.69) is 42.6 Å². The van der Waals surface area contributed by atoms with Gasteiger partial charge in [-0.25, -0.2) is 0 Å². The molecule has 3 rings (SSSR count). The Balaban J connectivity index is 0.00000280. The summed E-state index contributed by atoms with van der Waals surface area (Å²) in [5, 5.41) is 4.20. The normalized spacial score (nSPS) is 10.2. The number of hydrogen-bond donors (Lipinski definition) is 1. The highest BCUT2D eigenvalue weighted by Gasteiger charge is 2.11. The van der Waals surface area contributed by atoms with Gasteiger partial charge in [0.2, 0.25) is 0 Å². The Morgan fingerprint density at radius 3 is 2.21 bits per heavy atom. The Bertz CT molecular complexity index is 865. The van der Waals surface area contributed by atoms with E-state index < -0.39 is 0 Å². The number of benzene rings is 3. The summed E-state index contributed by atoms with van der Waals surface area (Å²) < 4.78 is 11.6. The van der Waals surface area contributed by atoms with E-state index in [0.29, 0.717) is 13.2 Å². The molecule has 0 bridgehead atoms. The fourth-order valence-corrected chi connectivity index (χ4v) is 2.93. The Morgan fingerprint density at radius 1 is 0.857 bits per heavy atom. The third-order valence-corrected chi connectivity index (χ3v) is 4.59. The predicted molar refractivity (Wildman–Crippen MR) is 118 cm³/mol. The molecule has 28 heavy (non-hydrogen) atoms. The summed E-state index contributed by atoms with van der Waals surface area (Å²) in [5.41, 5.74) is 4.65. The van der Waals surface area contributed by atoms with Gasteiger partial charge in [0.15, 0.2) is 11.5 Å². The van der Waals surface area contributed by atoms with Crippen LogP contribution in [-0.4, -0.2) is 7.11 Å². The van der Waals surface area contributed by atoms with Gasteiger partial charge >= 0.3 is 0 Å². The third kappa shape index (κ3) is 6.16. The Kier molecular flexibility index (Phi) is 8.65. The summed E-state index contributed by atoms with van der Waals surface area (Å²) in [6.45, 7) is 4.05. The van der Waals surface area contributed by atoms with E-state index >= 15 is 0 Å². The lowest BCUT2D eigenvalue weighted by Crippen LogP contribution is -2.14. The molecule has 3 nitrogen and oxygen atoms in total. The van der Waals surface area contributed by atoms with Crippen LogP contribution in [0.4, 0.5) is 0 Å². The van der Waals surface area contributed by atoms with Crippen LogP contribution in [0.15, 0.2) is 66.7 Å². The molecule has 0 aliphatic heterocycles. The second-order valence-electron chi connectivity index (χ2n) is 6.45. The number of para-hydroxylation sites is 1. The number of halogens is 2. The maximum Gasteiger partial charge on any atom is 0.166 e. The van der Waals surface area contributed by atoms with E-state index in [4.69, 9.17) is 21.1 Å². The largest absolute Gasteiger partial charge is 0.493 e. The van der Waals surface area contributed by atoms with E-state index in [1.54, 1.807) is 7.11 Å². The van der Waals surface area contributed by atoms with Crippen molar-refractivity contribution in [1.82, 2.24) is 5.32 Å². The van der Waals surface area contributed by atoms with Gasteiger partial charge in [0.05, 0.1) is 7.11 Å². The zero-order valence-electron chi connectivity index (χ0n) is 16.1. The molecule has 0 aromatic heterocycles. The summed E-state index contributed by atoms with van der Waals surface area (Å²) in [5.74, 6) is 1.50. The molecule has 0 saturated carbocycles. The van der Waals surface area contributed by atoms with Crippen LogP contribution in [0.5, 0.6) is 11.5 Å². The van der Waals surface area contributed by atoms with Crippen molar-refractivity contribution in [3.8, 4) is 11.5 Å². The zero-order chi connectivity index (χ0) is 19.1. The van der Waals surface area contributed by atoms with Crippen LogP contribution in [0.1, 0.15) is 22.3 Å². The first kappa shape index (κ1) is 22.1. The summed E-state index contributed by atoms with van der Waals surface area (Å²) in [7, 11) is 1.66. The first-order valence-corrected chi connectivity index (χ1v) is 9.33. The first-order chi connectivity index (χ1) is 13.2. The summed E-state index contributed by atoms with van der Waals surface area (Å²) in [6.07, 6.45) is 0. The molecule has 148 valence electrons. The highest BCUT2D eigenvalue weighted by molar-refractivity contribution is 6.30. The monoisotopic (exact) mass is 417 g/mol. The van der Waals surface area contributed by atoms with Gasteiger partial charge in [-0.2, -0.15) is 0 Å². The van der Waals surface area contributed by atoms with Crippen LogP contribution in [0.25, 0.3) is 0 Å². The fraction of sp³-hybridized carbons (Fsp3) is 0.217. The van der Waals surface area contributed by atoms with Crippen molar-refractivity contribution < 1.29 is 9.47 Å². The van der Waals surface area contributed by atoms with Crippen molar-refractivity contribution in [3.05, 3.63) is 94.0 Å². The zero-order valence-corrected chi connectivity index (χ0v) is 17.6. The maximum absolute atomic E-state index is 6.10. The fourth-order valence-electron chi connectivity index (χ4n) is 2.81. The average Bonchev–Trinajstić information content (AvgIpc) is 2.69. The van der Waals surface area contributed by atoms with E-state index in [1.165, 1.54) is 11.1 Å². The van der Waals surface area contributed by atoms with Crippen LogP contribution in [0.2, 0.25) is 5.02 Å². The summed E-state index contributed by atoms with van der Waals surface area (Å²) in [6, 6.07) is 22.2. The van der Waals surface area contributed by atoms with Crippen molar-refractivity contribution >= 4 is 24.0 Å². The minimum absolute atomic E-state index is 0. The van der Waals surface area contributed by atoms with Crippen LogP contribution >= 0.6 is 24.0 Å². The molecule has 0 unspecified atom stereocenters. The second kappa shape index (κ2) is 11.0. The van der Waals surface area contributed by atoms with Crippen molar-refractivity contribution in [2.24, 2.45) is 0 Å². The number of methoxy groups -OCH3 is 1. The minimum Gasteiger partial charge on any atom is -0.493 e.